The minimum absolute atomic E-state index is 0.265. The molecule has 104 valence electrons. The molecule has 0 aliphatic rings. The highest BCUT2D eigenvalue weighted by atomic mass is 79.9. The van der Waals surface area contributed by atoms with Crippen molar-refractivity contribution in [1.82, 2.24) is 0 Å². The van der Waals surface area contributed by atoms with Gasteiger partial charge >= 0.3 is 0 Å². The van der Waals surface area contributed by atoms with Crippen molar-refractivity contribution in [1.29, 1.82) is 0 Å². The Morgan fingerprint density at radius 1 is 1.20 bits per heavy atom. The van der Waals surface area contributed by atoms with Crippen LogP contribution in [0.3, 0.4) is 0 Å². The van der Waals surface area contributed by atoms with E-state index in [0.29, 0.717) is 32.1 Å². The molecule has 0 aromatic heterocycles. The molecule has 0 unspecified atom stereocenters. The van der Waals surface area contributed by atoms with Crippen LogP contribution in [0, 0.1) is 0 Å². The van der Waals surface area contributed by atoms with Gasteiger partial charge in [0.1, 0.15) is 5.75 Å². The van der Waals surface area contributed by atoms with Gasteiger partial charge in [0.25, 0.3) is 0 Å². The first kappa shape index (κ1) is 15.2. The van der Waals surface area contributed by atoms with Crippen LogP contribution in [0.1, 0.15) is 15.9 Å². The first-order valence-corrected chi connectivity index (χ1v) is 7.12. The molecule has 2 rings (SSSR count). The lowest BCUT2D eigenvalue weighted by molar-refractivity contribution is 0.103. The van der Waals surface area contributed by atoms with Gasteiger partial charge in [0.2, 0.25) is 0 Å². The minimum atomic E-state index is -0.265. The number of carbonyl (C=O) groups excluding carboxylic acids is 1. The van der Waals surface area contributed by atoms with Gasteiger partial charge in [0, 0.05) is 22.9 Å². The van der Waals surface area contributed by atoms with Crippen molar-refractivity contribution in [3.63, 3.8) is 0 Å². The molecule has 0 spiro atoms. The fraction of sp³-hybridized carbons (Fsp3) is 0.0714. The van der Waals surface area contributed by atoms with Gasteiger partial charge in [-0.15, -0.1) is 0 Å². The Labute approximate surface area is 134 Å². The van der Waals surface area contributed by atoms with E-state index in [2.05, 4.69) is 15.9 Å². The third-order valence-electron chi connectivity index (χ3n) is 2.76. The van der Waals surface area contributed by atoms with E-state index in [1.165, 1.54) is 19.2 Å². The number of methoxy groups -OCH3 is 1. The predicted molar refractivity (Wildman–Crippen MR) is 85.0 cm³/mol. The lowest BCUT2D eigenvalue weighted by atomic mass is 10.0. The summed E-state index contributed by atoms with van der Waals surface area (Å²) in [5.41, 5.74) is 6.97. The molecule has 0 bridgehead atoms. The summed E-state index contributed by atoms with van der Waals surface area (Å²) in [6.45, 7) is 0. The van der Waals surface area contributed by atoms with E-state index in [4.69, 9.17) is 33.7 Å². The maximum absolute atomic E-state index is 12.5. The summed E-state index contributed by atoms with van der Waals surface area (Å²) in [6, 6.07) is 8.06. The van der Waals surface area contributed by atoms with Gasteiger partial charge in [0.05, 0.1) is 21.6 Å². The number of rotatable bonds is 3. The second-order valence-corrected chi connectivity index (χ2v) is 5.61. The van der Waals surface area contributed by atoms with Crippen molar-refractivity contribution in [3.8, 4) is 5.75 Å². The lowest BCUT2D eigenvalue weighted by Gasteiger charge is -2.10. The van der Waals surface area contributed by atoms with Crippen molar-refractivity contribution in [2.24, 2.45) is 0 Å². The number of ketones is 1. The van der Waals surface area contributed by atoms with E-state index < -0.39 is 0 Å². The number of ether oxygens (including phenoxy) is 1. The van der Waals surface area contributed by atoms with Gasteiger partial charge < -0.3 is 10.5 Å². The van der Waals surface area contributed by atoms with Gasteiger partial charge in [-0.2, -0.15) is 0 Å². The zero-order chi connectivity index (χ0) is 14.9. The summed E-state index contributed by atoms with van der Waals surface area (Å²) < 4.78 is 5.59. The van der Waals surface area contributed by atoms with Crippen molar-refractivity contribution in [3.05, 3.63) is 56.0 Å². The van der Waals surface area contributed by atoms with Crippen LogP contribution in [-0.2, 0) is 0 Å². The Morgan fingerprint density at radius 3 is 2.55 bits per heavy atom. The average molecular weight is 375 g/mol. The lowest BCUT2D eigenvalue weighted by Crippen LogP contribution is -2.05. The monoisotopic (exact) mass is 373 g/mol. The van der Waals surface area contributed by atoms with Crippen molar-refractivity contribution < 1.29 is 9.53 Å². The smallest absolute Gasteiger partial charge is 0.195 e. The molecule has 2 aromatic rings. The van der Waals surface area contributed by atoms with Crippen LogP contribution in [0.2, 0.25) is 10.0 Å². The van der Waals surface area contributed by atoms with E-state index in [9.17, 15) is 4.79 Å². The summed E-state index contributed by atoms with van der Waals surface area (Å²) >= 11 is 15.4. The van der Waals surface area contributed by atoms with Crippen LogP contribution in [0.15, 0.2) is 34.8 Å². The molecule has 2 aromatic carbocycles. The quantitative estimate of drug-likeness (QED) is 0.632. The normalized spacial score (nSPS) is 10.4. The molecular weight excluding hydrogens is 365 g/mol. The first-order chi connectivity index (χ1) is 9.45. The molecule has 0 aliphatic heterocycles. The molecule has 20 heavy (non-hydrogen) atoms. The zero-order valence-corrected chi connectivity index (χ0v) is 13.5. The Morgan fingerprint density at radius 2 is 1.90 bits per heavy atom. The number of nitrogen functional groups attached to an aromatic ring is 1. The van der Waals surface area contributed by atoms with Gasteiger partial charge in [0.15, 0.2) is 5.78 Å². The fourth-order valence-electron chi connectivity index (χ4n) is 1.73. The summed E-state index contributed by atoms with van der Waals surface area (Å²) in [7, 11) is 1.48. The highest BCUT2D eigenvalue weighted by Gasteiger charge is 2.19. The summed E-state index contributed by atoms with van der Waals surface area (Å²) in [5.74, 6) is 0.151. The van der Waals surface area contributed by atoms with Crippen LogP contribution in [-0.4, -0.2) is 12.9 Å². The van der Waals surface area contributed by atoms with Gasteiger partial charge in [-0.05, 0) is 34.1 Å². The van der Waals surface area contributed by atoms with Crippen LogP contribution in [0.25, 0.3) is 0 Å². The van der Waals surface area contributed by atoms with Crippen molar-refractivity contribution in [2.75, 3.05) is 12.8 Å². The number of benzene rings is 2. The molecule has 6 heteroatoms. The molecule has 0 saturated heterocycles. The van der Waals surface area contributed by atoms with Crippen LogP contribution in [0.4, 0.5) is 5.69 Å². The molecular formula is C14H10BrCl2NO2. The zero-order valence-electron chi connectivity index (χ0n) is 10.4. The van der Waals surface area contributed by atoms with Crippen LogP contribution < -0.4 is 10.5 Å². The highest BCUT2D eigenvalue weighted by molar-refractivity contribution is 9.10. The number of hydrogen-bond acceptors (Lipinski definition) is 3. The maximum atomic E-state index is 12.5. The maximum Gasteiger partial charge on any atom is 0.195 e. The second-order valence-electron chi connectivity index (χ2n) is 4.00. The van der Waals surface area contributed by atoms with Crippen LogP contribution in [0.5, 0.6) is 5.75 Å². The van der Waals surface area contributed by atoms with Gasteiger partial charge in [-0.1, -0.05) is 29.3 Å². The largest absolute Gasteiger partial charge is 0.495 e. The van der Waals surface area contributed by atoms with E-state index in [0.717, 1.165) is 0 Å². The molecule has 0 fully saturated rings. The third kappa shape index (κ3) is 2.77. The number of hydrogen-bond donors (Lipinski definition) is 1. The first-order valence-electron chi connectivity index (χ1n) is 5.57. The summed E-state index contributed by atoms with van der Waals surface area (Å²) in [6.07, 6.45) is 0. The van der Waals surface area contributed by atoms with Crippen molar-refractivity contribution >= 4 is 50.6 Å². The topological polar surface area (TPSA) is 52.3 Å². The Balaban J connectivity index is 2.54. The number of anilines is 1. The minimum Gasteiger partial charge on any atom is -0.495 e. The van der Waals surface area contributed by atoms with Gasteiger partial charge in [-0.25, -0.2) is 0 Å². The molecule has 3 nitrogen and oxygen atoms in total. The molecule has 0 radical (unpaired) electrons. The molecule has 0 atom stereocenters. The van der Waals surface area contributed by atoms with E-state index in [-0.39, 0.29) is 10.8 Å². The van der Waals surface area contributed by atoms with Crippen molar-refractivity contribution in [2.45, 2.75) is 0 Å². The molecule has 0 heterocycles. The highest BCUT2D eigenvalue weighted by Crippen LogP contribution is 2.34. The Hall–Kier alpha value is -1.23. The van der Waals surface area contributed by atoms with Gasteiger partial charge in [-0.3, -0.25) is 4.79 Å². The molecule has 2 N–H and O–H groups in total. The van der Waals surface area contributed by atoms with E-state index in [1.807, 2.05) is 0 Å². The number of nitrogens with two attached hydrogens (primary N) is 1. The molecule has 0 saturated carbocycles. The summed E-state index contributed by atoms with van der Waals surface area (Å²) in [5, 5.41) is 0.589. The Kier molecular flexibility index (Phi) is 4.58. The SMILES string of the molecule is COc1cc(Cl)c(C(=O)c2cccc(N)c2Br)cc1Cl. The number of halogens is 3. The van der Waals surface area contributed by atoms with Crippen LogP contribution >= 0.6 is 39.1 Å². The van der Waals surface area contributed by atoms with E-state index in [1.54, 1.807) is 18.2 Å². The van der Waals surface area contributed by atoms with E-state index >= 15 is 0 Å². The Bertz CT molecular complexity index is 689. The number of carbonyl (C=O) groups is 1. The average Bonchev–Trinajstić information content (AvgIpc) is 2.43. The third-order valence-corrected chi connectivity index (χ3v) is 4.25. The fourth-order valence-corrected chi connectivity index (χ4v) is 2.65. The second kappa shape index (κ2) is 6.04. The molecule has 0 aliphatic carbocycles. The summed E-state index contributed by atoms with van der Waals surface area (Å²) in [4.78, 5) is 12.5. The standard InChI is InChI=1S/C14H10BrCl2NO2/c1-20-12-6-9(16)8(5-10(12)17)14(19)7-3-2-4-11(18)13(7)15/h2-6H,18H2,1H3. The molecule has 0 amide bonds. The predicted octanol–water partition coefficient (Wildman–Crippen LogP) is 4.58.